The van der Waals surface area contributed by atoms with Crippen LogP contribution in [0.4, 0.5) is 0 Å². The minimum Gasteiger partial charge on any atom is -0.361 e. The zero-order chi connectivity index (χ0) is 13.0. The highest BCUT2D eigenvalue weighted by molar-refractivity contribution is 6.57. The Balaban J connectivity index is 4.05. The summed E-state index contributed by atoms with van der Waals surface area (Å²) in [6.45, 7) is 10.9. The fraction of sp³-hybridized carbons (Fsp3) is 1.00. The van der Waals surface area contributed by atoms with Crippen molar-refractivity contribution in [2.24, 2.45) is 0 Å². The van der Waals surface area contributed by atoms with Gasteiger partial charge in [0, 0.05) is 19.8 Å². The van der Waals surface area contributed by atoms with Gasteiger partial charge in [0.25, 0.3) is 0 Å². The van der Waals surface area contributed by atoms with Gasteiger partial charge in [-0.15, -0.1) is 0 Å². The van der Waals surface area contributed by atoms with Gasteiger partial charge in [-0.1, -0.05) is 26.2 Å². The summed E-state index contributed by atoms with van der Waals surface area (Å²) >= 11 is 0. The zero-order valence-electron chi connectivity index (χ0n) is 11.9. The molecule has 0 aliphatic heterocycles. The molecule has 0 saturated carbocycles. The minimum atomic E-state index is -2.61. The van der Waals surface area contributed by atoms with Crippen LogP contribution in [0, 0.1) is 0 Å². The van der Waals surface area contributed by atoms with Crippen molar-refractivity contribution in [3.05, 3.63) is 0 Å². The van der Waals surface area contributed by atoms with E-state index in [1.807, 2.05) is 20.8 Å². The molecule has 1 N–H and O–H groups in total. The van der Waals surface area contributed by atoms with E-state index in [4.69, 9.17) is 13.3 Å². The van der Waals surface area contributed by atoms with Crippen LogP contribution < -0.4 is 4.98 Å². The second kappa shape index (κ2) is 11.2. The molecule has 0 spiro atoms. The van der Waals surface area contributed by atoms with Crippen LogP contribution in [0.15, 0.2) is 0 Å². The highest BCUT2D eigenvalue weighted by Crippen LogP contribution is 2.07. The Morgan fingerprint density at radius 3 is 1.71 bits per heavy atom. The van der Waals surface area contributed by atoms with E-state index < -0.39 is 8.97 Å². The molecule has 0 radical (unpaired) electrons. The Kier molecular flexibility index (Phi) is 11.2. The van der Waals surface area contributed by atoms with Crippen LogP contribution in [0.3, 0.4) is 0 Å². The van der Waals surface area contributed by atoms with Gasteiger partial charge in [-0.05, 0) is 33.7 Å². The summed E-state index contributed by atoms with van der Waals surface area (Å²) in [4.78, 5) is 3.37. The molecule has 0 aromatic heterocycles. The normalized spacial score (nSPS) is 12.0. The second-order valence-corrected chi connectivity index (χ2v) is 6.17. The third-order valence-corrected chi connectivity index (χ3v) is 5.06. The van der Waals surface area contributed by atoms with E-state index in [2.05, 4.69) is 11.9 Å². The molecular weight excluding hydrogens is 234 g/mol. The maximum Gasteiger partial charge on any atom is 0.596 e. The molecule has 0 bridgehead atoms. The van der Waals surface area contributed by atoms with Gasteiger partial charge in [0.15, 0.2) is 0 Å². The van der Waals surface area contributed by atoms with Crippen LogP contribution in [0.5, 0.6) is 0 Å². The van der Waals surface area contributed by atoms with Crippen molar-refractivity contribution in [3.8, 4) is 0 Å². The van der Waals surface area contributed by atoms with E-state index in [1.54, 1.807) is 0 Å². The molecule has 5 heteroatoms. The first-order valence-electron chi connectivity index (χ1n) is 6.91. The van der Waals surface area contributed by atoms with Gasteiger partial charge in [0.05, 0.1) is 0 Å². The molecule has 0 heterocycles. The molecule has 104 valence electrons. The average molecular weight is 263 g/mol. The van der Waals surface area contributed by atoms with Crippen molar-refractivity contribution in [1.82, 2.24) is 4.98 Å². The molecule has 4 nitrogen and oxygen atoms in total. The smallest absolute Gasteiger partial charge is 0.361 e. The van der Waals surface area contributed by atoms with Gasteiger partial charge in [0.2, 0.25) is 0 Å². The summed E-state index contributed by atoms with van der Waals surface area (Å²) in [6, 6.07) is 0. The number of unbranched alkanes of at least 4 members (excludes halogenated alkanes) is 3. The van der Waals surface area contributed by atoms with Crippen LogP contribution in [-0.4, -0.2) is 35.3 Å². The summed E-state index contributed by atoms with van der Waals surface area (Å²) < 4.78 is 17.1. The zero-order valence-corrected chi connectivity index (χ0v) is 12.9. The molecule has 17 heavy (non-hydrogen) atoms. The average Bonchev–Trinajstić information content (AvgIpc) is 2.30. The lowest BCUT2D eigenvalue weighted by molar-refractivity contribution is 0.0598. The van der Waals surface area contributed by atoms with Crippen LogP contribution in [0.25, 0.3) is 0 Å². The van der Waals surface area contributed by atoms with Crippen LogP contribution in [0.2, 0.25) is 0 Å². The van der Waals surface area contributed by atoms with Gasteiger partial charge in [-0.3, -0.25) is 4.98 Å². The van der Waals surface area contributed by atoms with Crippen molar-refractivity contribution in [3.63, 3.8) is 0 Å². The Morgan fingerprint density at radius 2 is 1.29 bits per heavy atom. The van der Waals surface area contributed by atoms with Crippen LogP contribution in [-0.2, 0) is 13.3 Å². The maximum absolute atomic E-state index is 5.70. The van der Waals surface area contributed by atoms with Crippen molar-refractivity contribution in [2.45, 2.75) is 53.4 Å². The molecular formula is C12H29NO3Si. The quantitative estimate of drug-likeness (QED) is 0.434. The van der Waals surface area contributed by atoms with E-state index in [0.29, 0.717) is 19.8 Å². The lowest BCUT2D eigenvalue weighted by atomic mass is 10.2. The van der Waals surface area contributed by atoms with Crippen molar-refractivity contribution < 1.29 is 13.3 Å². The Morgan fingerprint density at radius 1 is 0.765 bits per heavy atom. The fourth-order valence-electron chi connectivity index (χ4n) is 1.64. The molecule has 0 amide bonds. The molecule has 0 unspecified atom stereocenters. The van der Waals surface area contributed by atoms with E-state index in [1.165, 1.54) is 19.3 Å². The van der Waals surface area contributed by atoms with Crippen molar-refractivity contribution >= 4 is 8.97 Å². The lowest BCUT2D eigenvalue weighted by Gasteiger charge is -2.28. The number of rotatable bonds is 12. The second-order valence-electron chi connectivity index (χ2n) is 3.84. The SMILES string of the molecule is CCCCCCN[Si](OCC)(OCC)OCC. The first-order chi connectivity index (χ1) is 8.24. The largest absolute Gasteiger partial charge is 0.596 e. The van der Waals surface area contributed by atoms with E-state index in [-0.39, 0.29) is 0 Å². The molecule has 0 aliphatic rings. The van der Waals surface area contributed by atoms with Gasteiger partial charge >= 0.3 is 8.97 Å². The lowest BCUT2D eigenvalue weighted by Crippen LogP contribution is -2.59. The van der Waals surface area contributed by atoms with Crippen LogP contribution in [0.1, 0.15) is 53.4 Å². The van der Waals surface area contributed by atoms with E-state index in [0.717, 1.165) is 13.0 Å². The molecule has 0 aliphatic carbocycles. The summed E-state index contributed by atoms with van der Waals surface area (Å²) in [5.41, 5.74) is 0. The number of hydrogen-bond donors (Lipinski definition) is 1. The third-order valence-electron chi connectivity index (χ3n) is 2.37. The van der Waals surface area contributed by atoms with Crippen LogP contribution >= 0.6 is 0 Å². The van der Waals surface area contributed by atoms with E-state index >= 15 is 0 Å². The Bertz CT molecular complexity index is 153. The van der Waals surface area contributed by atoms with Crippen molar-refractivity contribution in [1.29, 1.82) is 0 Å². The monoisotopic (exact) mass is 263 g/mol. The highest BCUT2D eigenvalue weighted by Gasteiger charge is 2.40. The predicted molar refractivity (Wildman–Crippen MR) is 72.8 cm³/mol. The van der Waals surface area contributed by atoms with Gasteiger partial charge < -0.3 is 13.3 Å². The Labute approximate surface area is 107 Å². The molecule has 0 rings (SSSR count). The number of nitrogens with one attached hydrogen (secondary N) is 1. The minimum absolute atomic E-state index is 0.619. The summed E-state index contributed by atoms with van der Waals surface area (Å²) in [6.07, 6.45) is 4.94. The van der Waals surface area contributed by atoms with Crippen molar-refractivity contribution in [2.75, 3.05) is 26.4 Å². The highest BCUT2D eigenvalue weighted by atomic mass is 28.4. The first kappa shape index (κ1) is 17.1. The number of hydrogen-bond acceptors (Lipinski definition) is 4. The maximum atomic E-state index is 5.70. The molecule has 0 fully saturated rings. The van der Waals surface area contributed by atoms with Gasteiger partial charge in [0.1, 0.15) is 0 Å². The molecule has 0 aromatic carbocycles. The summed E-state index contributed by atoms with van der Waals surface area (Å²) in [7, 11) is -2.61. The van der Waals surface area contributed by atoms with E-state index in [9.17, 15) is 0 Å². The topological polar surface area (TPSA) is 39.7 Å². The summed E-state index contributed by atoms with van der Waals surface area (Å²) in [5, 5.41) is 0. The molecule has 0 aromatic rings. The summed E-state index contributed by atoms with van der Waals surface area (Å²) in [5.74, 6) is 0. The van der Waals surface area contributed by atoms with Gasteiger partial charge in [-0.25, -0.2) is 0 Å². The molecule has 0 atom stereocenters. The molecule has 0 saturated heterocycles. The Hall–Kier alpha value is 0.0569. The predicted octanol–water partition coefficient (Wildman–Crippen LogP) is 2.70. The standard InChI is InChI=1S/C12H29NO3Si/c1-5-9-10-11-12-13-17(14-6-2,15-7-3)16-8-4/h13H,5-12H2,1-4H3. The fourth-order valence-corrected chi connectivity index (χ4v) is 3.82. The third kappa shape index (κ3) is 7.89. The first-order valence-corrected chi connectivity index (χ1v) is 8.64. The van der Waals surface area contributed by atoms with Gasteiger partial charge in [-0.2, -0.15) is 0 Å².